The molecule has 0 aliphatic carbocycles. The quantitative estimate of drug-likeness (QED) is 0.939. The fourth-order valence-corrected chi connectivity index (χ4v) is 3.19. The third-order valence-corrected chi connectivity index (χ3v) is 4.38. The number of carbonyl (C=O) groups excluding carboxylic acids is 1. The number of piperazine rings is 1. The Morgan fingerprint density at radius 1 is 1.48 bits per heavy atom. The highest BCUT2D eigenvalue weighted by Gasteiger charge is 2.25. The minimum atomic E-state index is 0.0588. The molecule has 1 unspecified atom stereocenters. The maximum Gasteiger partial charge on any atom is 0.257 e. The van der Waals surface area contributed by atoms with Gasteiger partial charge in [-0.2, -0.15) is 5.10 Å². The lowest BCUT2D eigenvalue weighted by Gasteiger charge is -2.31. The number of nitrogens with zero attached hydrogens (tertiary/aromatic N) is 3. The van der Waals surface area contributed by atoms with E-state index < -0.39 is 0 Å². The molecule has 1 fully saturated rings. The van der Waals surface area contributed by atoms with Crippen LogP contribution in [0.15, 0.2) is 30.5 Å². The highest BCUT2D eigenvalue weighted by molar-refractivity contribution is 6.30. The Morgan fingerprint density at radius 2 is 2.30 bits per heavy atom. The predicted molar refractivity (Wildman–Crippen MR) is 91.3 cm³/mol. The van der Waals surface area contributed by atoms with Gasteiger partial charge >= 0.3 is 0 Å². The molecule has 1 aliphatic heterocycles. The fraction of sp³-hybridized carbons (Fsp3) is 0.412. The highest BCUT2D eigenvalue weighted by atomic mass is 35.5. The van der Waals surface area contributed by atoms with Gasteiger partial charge in [0.05, 0.1) is 23.1 Å². The molecular weight excluding hydrogens is 312 g/mol. The van der Waals surface area contributed by atoms with Crippen molar-refractivity contribution in [3.8, 4) is 5.69 Å². The van der Waals surface area contributed by atoms with Crippen LogP contribution in [-0.4, -0.2) is 46.3 Å². The van der Waals surface area contributed by atoms with E-state index in [0.717, 1.165) is 37.4 Å². The number of carbonyl (C=O) groups is 1. The van der Waals surface area contributed by atoms with Crippen molar-refractivity contribution >= 4 is 17.5 Å². The first-order chi connectivity index (χ1) is 11.1. The molecule has 0 spiro atoms. The molecule has 1 saturated heterocycles. The lowest BCUT2D eigenvalue weighted by molar-refractivity contribution is 0.0708. The van der Waals surface area contributed by atoms with Crippen molar-refractivity contribution in [3.63, 3.8) is 0 Å². The summed E-state index contributed by atoms with van der Waals surface area (Å²) in [5, 5.41) is 8.44. The first kappa shape index (κ1) is 16.0. The van der Waals surface area contributed by atoms with Crippen molar-refractivity contribution in [1.29, 1.82) is 0 Å². The van der Waals surface area contributed by atoms with E-state index in [-0.39, 0.29) is 5.91 Å². The van der Waals surface area contributed by atoms with Gasteiger partial charge in [-0.1, -0.05) is 24.6 Å². The number of rotatable bonds is 3. The van der Waals surface area contributed by atoms with Gasteiger partial charge in [0.25, 0.3) is 5.91 Å². The van der Waals surface area contributed by atoms with Crippen LogP contribution in [0.25, 0.3) is 5.69 Å². The number of benzene rings is 1. The van der Waals surface area contributed by atoms with E-state index in [4.69, 9.17) is 11.6 Å². The van der Waals surface area contributed by atoms with Crippen LogP contribution in [0.4, 0.5) is 0 Å². The number of halogens is 1. The summed E-state index contributed by atoms with van der Waals surface area (Å²) in [6, 6.07) is 7.83. The van der Waals surface area contributed by atoms with Crippen LogP contribution in [0.2, 0.25) is 5.02 Å². The molecule has 1 atom stereocenters. The van der Waals surface area contributed by atoms with Crippen LogP contribution in [0.1, 0.15) is 29.9 Å². The summed E-state index contributed by atoms with van der Waals surface area (Å²) in [6.07, 6.45) is 2.41. The Bertz CT molecular complexity index is 712. The van der Waals surface area contributed by atoms with E-state index in [1.54, 1.807) is 6.20 Å². The maximum atomic E-state index is 12.9. The molecule has 5 nitrogen and oxygen atoms in total. The molecule has 0 saturated carbocycles. The van der Waals surface area contributed by atoms with Gasteiger partial charge in [0, 0.05) is 30.7 Å². The minimum Gasteiger partial charge on any atom is -0.336 e. The summed E-state index contributed by atoms with van der Waals surface area (Å²) in [6.45, 7) is 6.42. The Kier molecular flexibility index (Phi) is 4.68. The average Bonchev–Trinajstić information content (AvgIpc) is 2.98. The lowest BCUT2D eigenvalue weighted by atomic mass is 10.1. The lowest BCUT2D eigenvalue weighted by Crippen LogP contribution is -2.51. The van der Waals surface area contributed by atoms with Crippen LogP contribution < -0.4 is 5.32 Å². The highest BCUT2D eigenvalue weighted by Crippen LogP contribution is 2.20. The number of amides is 1. The van der Waals surface area contributed by atoms with Gasteiger partial charge in [-0.25, -0.2) is 4.68 Å². The molecule has 1 aromatic heterocycles. The molecule has 1 aliphatic rings. The van der Waals surface area contributed by atoms with Gasteiger partial charge in [-0.3, -0.25) is 4.79 Å². The molecule has 2 aromatic rings. The van der Waals surface area contributed by atoms with E-state index in [9.17, 15) is 4.79 Å². The Hall–Kier alpha value is -1.85. The number of hydrogen-bond donors (Lipinski definition) is 1. The number of nitrogens with one attached hydrogen (secondary N) is 1. The fourth-order valence-electron chi connectivity index (χ4n) is 3.01. The Morgan fingerprint density at radius 3 is 3.00 bits per heavy atom. The van der Waals surface area contributed by atoms with E-state index in [1.807, 2.05) is 40.8 Å². The molecule has 23 heavy (non-hydrogen) atoms. The second-order valence-corrected chi connectivity index (χ2v) is 6.29. The van der Waals surface area contributed by atoms with Gasteiger partial charge in [0.1, 0.15) is 0 Å². The first-order valence-electron chi connectivity index (χ1n) is 7.95. The van der Waals surface area contributed by atoms with Gasteiger partial charge < -0.3 is 10.2 Å². The van der Waals surface area contributed by atoms with Crippen molar-refractivity contribution in [2.45, 2.75) is 26.3 Å². The summed E-state index contributed by atoms with van der Waals surface area (Å²) in [5.41, 5.74) is 2.48. The molecule has 1 aromatic carbocycles. The van der Waals surface area contributed by atoms with Gasteiger partial charge in [-0.05, 0) is 31.5 Å². The number of hydrogen-bond acceptors (Lipinski definition) is 3. The molecule has 0 radical (unpaired) electrons. The van der Waals surface area contributed by atoms with Crippen LogP contribution in [0, 0.1) is 0 Å². The molecular formula is C17H21ClN4O. The Balaban J connectivity index is 1.93. The summed E-state index contributed by atoms with van der Waals surface area (Å²) in [5.74, 6) is 0.0588. The van der Waals surface area contributed by atoms with Crippen molar-refractivity contribution in [1.82, 2.24) is 20.0 Å². The summed E-state index contributed by atoms with van der Waals surface area (Å²) in [4.78, 5) is 14.8. The van der Waals surface area contributed by atoms with Gasteiger partial charge in [0.2, 0.25) is 0 Å². The van der Waals surface area contributed by atoms with Gasteiger partial charge in [-0.15, -0.1) is 0 Å². The molecule has 1 amide bonds. The zero-order valence-electron chi connectivity index (χ0n) is 13.4. The molecule has 122 valence electrons. The predicted octanol–water partition coefficient (Wildman–Crippen LogP) is 2.52. The van der Waals surface area contributed by atoms with Crippen molar-refractivity contribution in [2.75, 3.05) is 19.6 Å². The average molecular weight is 333 g/mol. The number of aromatic nitrogens is 2. The third kappa shape index (κ3) is 3.26. The zero-order chi connectivity index (χ0) is 16.4. The SMILES string of the molecule is CCc1c(C(=O)N2CCNC(C)C2)cnn1-c1cccc(Cl)c1. The third-order valence-electron chi connectivity index (χ3n) is 4.14. The van der Waals surface area contributed by atoms with E-state index in [1.165, 1.54) is 0 Å². The second kappa shape index (κ2) is 6.72. The second-order valence-electron chi connectivity index (χ2n) is 5.86. The van der Waals surface area contributed by atoms with Crippen LogP contribution >= 0.6 is 11.6 Å². The monoisotopic (exact) mass is 332 g/mol. The van der Waals surface area contributed by atoms with Crippen molar-refractivity contribution in [3.05, 3.63) is 46.7 Å². The van der Waals surface area contributed by atoms with E-state index in [2.05, 4.69) is 17.3 Å². The van der Waals surface area contributed by atoms with Crippen LogP contribution in [-0.2, 0) is 6.42 Å². The maximum absolute atomic E-state index is 12.9. The standard InChI is InChI=1S/C17H21ClN4O/c1-3-16-15(17(23)21-8-7-19-12(2)11-21)10-20-22(16)14-6-4-5-13(18)9-14/h4-6,9-10,12,19H,3,7-8,11H2,1-2H3. The van der Waals surface area contributed by atoms with Crippen molar-refractivity contribution < 1.29 is 4.79 Å². The van der Waals surface area contributed by atoms with Crippen LogP contribution in [0.5, 0.6) is 0 Å². The summed E-state index contributed by atoms with van der Waals surface area (Å²) < 4.78 is 1.81. The normalized spacial score (nSPS) is 18.2. The van der Waals surface area contributed by atoms with E-state index in [0.29, 0.717) is 16.6 Å². The largest absolute Gasteiger partial charge is 0.336 e. The van der Waals surface area contributed by atoms with Gasteiger partial charge in [0.15, 0.2) is 0 Å². The van der Waals surface area contributed by atoms with Crippen molar-refractivity contribution in [2.24, 2.45) is 0 Å². The zero-order valence-corrected chi connectivity index (χ0v) is 14.2. The smallest absolute Gasteiger partial charge is 0.257 e. The van der Waals surface area contributed by atoms with E-state index >= 15 is 0 Å². The molecule has 6 heteroatoms. The molecule has 3 rings (SSSR count). The topological polar surface area (TPSA) is 50.2 Å². The summed E-state index contributed by atoms with van der Waals surface area (Å²) >= 11 is 6.07. The molecule has 1 N–H and O–H groups in total. The molecule has 0 bridgehead atoms. The summed E-state index contributed by atoms with van der Waals surface area (Å²) in [7, 11) is 0. The molecule has 2 heterocycles. The van der Waals surface area contributed by atoms with Crippen LogP contribution in [0.3, 0.4) is 0 Å². The minimum absolute atomic E-state index is 0.0588. The Labute approximate surface area is 141 Å². The first-order valence-corrected chi connectivity index (χ1v) is 8.33.